The summed E-state index contributed by atoms with van der Waals surface area (Å²) < 4.78 is 5.55. The van der Waals surface area contributed by atoms with Crippen LogP contribution in [0, 0.1) is 17.3 Å². The van der Waals surface area contributed by atoms with Gasteiger partial charge in [-0.05, 0) is 22.8 Å². The first kappa shape index (κ1) is 14.7. The largest absolute Gasteiger partial charge is 0.379 e. The summed E-state index contributed by atoms with van der Waals surface area (Å²) >= 11 is 0. The summed E-state index contributed by atoms with van der Waals surface area (Å²) in [6.07, 6.45) is 0. The summed E-state index contributed by atoms with van der Waals surface area (Å²) in [5, 5.41) is 0. The van der Waals surface area contributed by atoms with E-state index in [1.165, 1.54) is 18.7 Å². The average molecular weight is 300 g/mol. The van der Waals surface area contributed by atoms with Gasteiger partial charge in [0.1, 0.15) is 0 Å². The molecule has 0 N–H and O–H groups in total. The van der Waals surface area contributed by atoms with Crippen LogP contribution in [-0.4, -0.2) is 55.2 Å². The predicted molar refractivity (Wildman–Crippen MR) is 88.7 cm³/mol. The van der Waals surface area contributed by atoms with Gasteiger partial charge in [-0.3, -0.25) is 9.80 Å². The molecule has 3 aliphatic rings. The zero-order valence-electron chi connectivity index (χ0n) is 13.9. The van der Waals surface area contributed by atoms with Crippen LogP contribution in [0.4, 0.5) is 0 Å². The van der Waals surface area contributed by atoms with Gasteiger partial charge >= 0.3 is 0 Å². The van der Waals surface area contributed by atoms with E-state index < -0.39 is 0 Å². The molecule has 2 heterocycles. The lowest BCUT2D eigenvalue weighted by atomic mass is 9.52. The van der Waals surface area contributed by atoms with Crippen molar-refractivity contribution in [1.29, 1.82) is 0 Å². The molecule has 3 heteroatoms. The molecule has 0 unspecified atom stereocenters. The molecule has 0 spiro atoms. The number of hydrogen-bond donors (Lipinski definition) is 0. The molecule has 2 saturated heterocycles. The quantitative estimate of drug-likeness (QED) is 0.853. The lowest BCUT2D eigenvalue weighted by molar-refractivity contribution is -0.124. The van der Waals surface area contributed by atoms with Crippen molar-refractivity contribution in [3.8, 4) is 0 Å². The SMILES string of the molecule is CC1(C)[C@@H]2CN(Cc3ccccc3)C[C@@H]2[C@H]1N1CCOCC1. The number of morpholine rings is 1. The van der Waals surface area contributed by atoms with Gasteiger partial charge in [-0.25, -0.2) is 0 Å². The minimum Gasteiger partial charge on any atom is -0.379 e. The molecular formula is C19H28N2O. The maximum atomic E-state index is 5.55. The Morgan fingerprint density at radius 1 is 1.09 bits per heavy atom. The van der Waals surface area contributed by atoms with Gasteiger partial charge in [-0.1, -0.05) is 44.2 Å². The van der Waals surface area contributed by atoms with E-state index in [1.807, 2.05) is 0 Å². The molecule has 120 valence electrons. The molecule has 1 aliphatic carbocycles. The third-order valence-corrected chi connectivity index (χ3v) is 6.25. The maximum absolute atomic E-state index is 5.55. The smallest absolute Gasteiger partial charge is 0.0594 e. The van der Waals surface area contributed by atoms with Crippen LogP contribution in [0.15, 0.2) is 30.3 Å². The molecule has 4 rings (SSSR count). The summed E-state index contributed by atoms with van der Waals surface area (Å²) in [6, 6.07) is 11.7. The second-order valence-corrected chi connectivity index (χ2v) is 7.86. The first-order valence-electron chi connectivity index (χ1n) is 8.74. The fourth-order valence-corrected chi connectivity index (χ4v) is 5.24. The molecule has 1 saturated carbocycles. The third-order valence-electron chi connectivity index (χ3n) is 6.25. The molecule has 3 fully saturated rings. The average Bonchev–Trinajstić information content (AvgIpc) is 2.90. The minimum atomic E-state index is 0.452. The monoisotopic (exact) mass is 300 g/mol. The normalized spacial score (nSPS) is 35.1. The third kappa shape index (κ3) is 2.40. The Morgan fingerprint density at radius 3 is 2.55 bits per heavy atom. The predicted octanol–water partition coefficient (Wildman–Crippen LogP) is 2.48. The summed E-state index contributed by atoms with van der Waals surface area (Å²) in [6.45, 7) is 12.7. The van der Waals surface area contributed by atoms with E-state index in [-0.39, 0.29) is 0 Å². The molecule has 1 aromatic rings. The van der Waals surface area contributed by atoms with Crippen LogP contribution in [0.5, 0.6) is 0 Å². The van der Waals surface area contributed by atoms with Crippen molar-refractivity contribution in [3.63, 3.8) is 0 Å². The molecule has 0 aromatic heterocycles. The standard InChI is InChI=1S/C19H28N2O/c1-19(2)17-14-20(12-15-6-4-3-5-7-15)13-16(17)18(19)21-8-10-22-11-9-21/h3-7,16-18H,8-14H2,1-2H3/t16-,17+,18+/m0/s1. The molecule has 1 aromatic carbocycles. The molecule has 0 amide bonds. The Labute approximate surface area is 134 Å². The van der Waals surface area contributed by atoms with E-state index in [2.05, 4.69) is 54.0 Å². The molecule has 0 radical (unpaired) electrons. The number of hydrogen-bond acceptors (Lipinski definition) is 3. The topological polar surface area (TPSA) is 15.7 Å². The Morgan fingerprint density at radius 2 is 1.82 bits per heavy atom. The van der Waals surface area contributed by atoms with Crippen molar-refractivity contribution in [3.05, 3.63) is 35.9 Å². The molecular weight excluding hydrogens is 272 g/mol. The van der Waals surface area contributed by atoms with E-state index in [0.29, 0.717) is 5.41 Å². The number of rotatable bonds is 3. The minimum absolute atomic E-state index is 0.452. The number of ether oxygens (including phenoxy) is 1. The van der Waals surface area contributed by atoms with Crippen molar-refractivity contribution in [2.45, 2.75) is 26.4 Å². The van der Waals surface area contributed by atoms with E-state index in [1.54, 1.807) is 0 Å². The van der Waals surface area contributed by atoms with Crippen LogP contribution in [-0.2, 0) is 11.3 Å². The first-order chi connectivity index (χ1) is 10.7. The maximum Gasteiger partial charge on any atom is 0.0594 e. The second kappa shape index (κ2) is 5.63. The Balaban J connectivity index is 1.44. The van der Waals surface area contributed by atoms with Crippen molar-refractivity contribution in [2.24, 2.45) is 17.3 Å². The van der Waals surface area contributed by atoms with E-state index in [4.69, 9.17) is 4.74 Å². The van der Waals surface area contributed by atoms with Gasteiger partial charge in [0.15, 0.2) is 0 Å². The molecule has 3 atom stereocenters. The molecule has 0 bridgehead atoms. The van der Waals surface area contributed by atoms with E-state index in [0.717, 1.165) is 50.7 Å². The van der Waals surface area contributed by atoms with Crippen molar-refractivity contribution in [2.75, 3.05) is 39.4 Å². The summed E-state index contributed by atoms with van der Waals surface area (Å²) in [5.74, 6) is 1.72. The Kier molecular flexibility index (Phi) is 3.75. The van der Waals surface area contributed by atoms with Crippen LogP contribution in [0.25, 0.3) is 0 Å². The summed E-state index contributed by atoms with van der Waals surface area (Å²) in [7, 11) is 0. The summed E-state index contributed by atoms with van der Waals surface area (Å²) in [5.41, 5.74) is 1.90. The van der Waals surface area contributed by atoms with E-state index in [9.17, 15) is 0 Å². The lowest BCUT2D eigenvalue weighted by Crippen LogP contribution is -2.66. The van der Waals surface area contributed by atoms with Crippen molar-refractivity contribution < 1.29 is 4.74 Å². The number of nitrogens with zero attached hydrogens (tertiary/aromatic N) is 2. The Hall–Kier alpha value is -0.900. The van der Waals surface area contributed by atoms with Crippen molar-refractivity contribution >= 4 is 0 Å². The van der Waals surface area contributed by atoms with Gasteiger partial charge < -0.3 is 4.74 Å². The highest BCUT2D eigenvalue weighted by atomic mass is 16.5. The van der Waals surface area contributed by atoms with Crippen molar-refractivity contribution in [1.82, 2.24) is 9.80 Å². The second-order valence-electron chi connectivity index (χ2n) is 7.86. The van der Waals surface area contributed by atoms with Gasteiger partial charge in [-0.2, -0.15) is 0 Å². The highest BCUT2D eigenvalue weighted by Crippen LogP contribution is 2.56. The Bertz CT molecular complexity index is 509. The van der Waals surface area contributed by atoms with Crippen LogP contribution in [0.3, 0.4) is 0 Å². The van der Waals surface area contributed by atoms with Gasteiger partial charge in [-0.15, -0.1) is 0 Å². The number of fused-ring (bicyclic) bond motifs is 1. The summed E-state index contributed by atoms with van der Waals surface area (Å²) in [4.78, 5) is 5.38. The molecule has 3 nitrogen and oxygen atoms in total. The molecule has 22 heavy (non-hydrogen) atoms. The van der Waals surface area contributed by atoms with Gasteiger partial charge in [0.25, 0.3) is 0 Å². The van der Waals surface area contributed by atoms with Gasteiger partial charge in [0.05, 0.1) is 13.2 Å². The van der Waals surface area contributed by atoms with Crippen LogP contribution < -0.4 is 0 Å². The zero-order valence-corrected chi connectivity index (χ0v) is 13.9. The number of benzene rings is 1. The fourth-order valence-electron chi connectivity index (χ4n) is 5.24. The van der Waals surface area contributed by atoms with Gasteiger partial charge in [0, 0.05) is 38.8 Å². The lowest BCUT2D eigenvalue weighted by Gasteiger charge is -2.60. The van der Waals surface area contributed by atoms with Crippen LogP contribution >= 0.6 is 0 Å². The highest BCUT2D eigenvalue weighted by molar-refractivity contribution is 5.17. The highest BCUT2D eigenvalue weighted by Gasteiger charge is 2.61. The molecule has 2 aliphatic heterocycles. The first-order valence-corrected chi connectivity index (χ1v) is 8.74. The van der Waals surface area contributed by atoms with E-state index >= 15 is 0 Å². The zero-order chi connectivity index (χ0) is 15.2. The van der Waals surface area contributed by atoms with Crippen LogP contribution in [0.1, 0.15) is 19.4 Å². The number of likely N-dealkylation sites (tertiary alicyclic amines) is 1. The van der Waals surface area contributed by atoms with Crippen LogP contribution in [0.2, 0.25) is 0 Å². The fraction of sp³-hybridized carbons (Fsp3) is 0.684. The van der Waals surface area contributed by atoms with Gasteiger partial charge in [0.2, 0.25) is 0 Å².